The van der Waals surface area contributed by atoms with Gasteiger partial charge in [-0.1, -0.05) is 36.0 Å². The van der Waals surface area contributed by atoms with Crippen molar-refractivity contribution in [1.82, 2.24) is 14.5 Å². The number of likely N-dealkylation sites (N-methyl/N-ethyl adjacent to an activating group) is 1. The molecule has 4 rings (SSSR count). The molecule has 0 atom stereocenters. The van der Waals surface area contributed by atoms with Crippen molar-refractivity contribution in [3.8, 4) is 11.4 Å². The van der Waals surface area contributed by atoms with Crippen LogP contribution in [0.4, 0.5) is 0 Å². The van der Waals surface area contributed by atoms with Crippen molar-refractivity contribution in [2.45, 2.75) is 18.1 Å². The van der Waals surface area contributed by atoms with E-state index in [0.717, 1.165) is 41.0 Å². The summed E-state index contributed by atoms with van der Waals surface area (Å²) < 4.78 is 7.02. The van der Waals surface area contributed by atoms with Crippen molar-refractivity contribution < 1.29 is 4.74 Å². The van der Waals surface area contributed by atoms with Gasteiger partial charge in [0.05, 0.1) is 18.2 Å². The molecule has 3 aromatic rings. The number of thioether (sulfide) groups is 1. The van der Waals surface area contributed by atoms with Gasteiger partial charge in [-0.15, -0.1) is 11.3 Å². The summed E-state index contributed by atoms with van der Waals surface area (Å²) in [5.41, 5.74) is 1.84. The Morgan fingerprint density at radius 2 is 2.29 bits per heavy atom. The Morgan fingerprint density at radius 1 is 1.46 bits per heavy atom. The third-order valence-corrected chi connectivity index (χ3v) is 7.13. The van der Waals surface area contributed by atoms with Crippen LogP contribution < -0.4 is 10.3 Å². The highest BCUT2D eigenvalue weighted by molar-refractivity contribution is 7.99. The lowest BCUT2D eigenvalue weighted by Gasteiger charge is -2.21. The smallest absolute Gasteiger partial charge is 0.267 e. The Hall–Kier alpha value is -1.80. The van der Waals surface area contributed by atoms with Crippen LogP contribution in [0.15, 0.2) is 45.8 Å². The second kappa shape index (κ2) is 7.91. The predicted molar refractivity (Wildman–Crippen MR) is 118 cm³/mol. The van der Waals surface area contributed by atoms with Crippen LogP contribution in [-0.2, 0) is 13.0 Å². The van der Waals surface area contributed by atoms with Gasteiger partial charge in [0.15, 0.2) is 5.16 Å². The summed E-state index contributed by atoms with van der Waals surface area (Å²) >= 11 is 9.01. The fourth-order valence-electron chi connectivity index (χ4n) is 3.37. The molecule has 0 unspecified atom stereocenters. The highest BCUT2D eigenvalue weighted by atomic mass is 35.5. The van der Waals surface area contributed by atoms with Gasteiger partial charge < -0.3 is 9.64 Å². The number of fused-ring (bicyclic) bond motifs is 3. The fraction of sp³-hybridized carbons (Fsp3) is 0.300. The van der Waals surface area contributed by atoms with E-state index in [4.69, 9.17) is 21.3 Å². The molecule has 2 aromatic heterocycles. The summed E-state index contributed by atoms with van der Waals surface area (Å²) in [5.74, 6) is 1.17. The summed E-state index contributed by atoms with van der Waals surface area (Å²) in [6.07, 6.45) is 0.867. The zero-order chi connectivity index (χ0) is 19.8. The third kappa shape index (κ3) is 3.59. The average molecular weight is 434 g/mol. The minimum absolute atomic E-state index is 0.0389. The first-order valence-electron chi connectivity index (χ1n) is 8.84. The molecule has 0 saturated carbocycles. The molecule has 1 aromatic carbocycles. The average Bonchev–Trinajstić information content (AvgIpc) is 3.03. The number of rotatable bonds is 5. The number of thiophene rings is 1. The molecule has 28 heavy (non-hydrogen) atoms. The number of methoxy groups -OCH3 is 1. The predicted octanol–water partition coefficient (Wildman–Crippen LogP) is 4.29. The summed E-state index contributed by atoms with van der Waals surface area (Å²) in [6, 6.07) is 7.47. The van der Waals surface area contributed by atoms with E-state index in [1.165, 1.54) is 16.6 Å². The molecule has 0 saturated heterocycles. The number of nitrogens with zero attached hydrogens (tertiary/aromatic N) is 3. The minimum atomic E-state index is -0.0389. The number of ether oxygens (including phenoxy) is 1. The van der Waals surface area contributed by atoms with Crippen molar-refractivity contribution in [3.05, 3.63) is 56.7 Å². The van der Waals surface area contributed by atoms with Crippen LogP contribution in [0.3, 0.4) is 0 Å². The van der Waals surface area contributed by atoms with Gasteiger partial charge in [-0.05, 0) is 31.2 Å². The first-order chi connectivity index (χ1) is 13.5. The normalized spacial score (nSPS) is 14.2. The van der Waals surface area contributed by atoms with Gasteiger partial charge in [0.2, 0.25) is 0 Å². The Labute approximate surface area is 176 Å². The van der Waals surface area contributed by atoms with E-state index in [-0.39, 0.29) is 5.56 Å². The highest BCUT2D eigenvalue weighted by Gasteiger charge is 2.24. The largest absolute Gasteiger partial charge is 0.497 e. The van der Waals surface area contributed by atoms with E-state index < -0.39 is 0 Å². The molecule has 0 aliphatic carbocycles. The number of aromatic nitrogens is 2. The lowest BCUT2D eigenvalue weighted by atomic mass is 10.1. The molecular formula is C20H20ClN3O2S2. The molecule has 0 amide bonds. The first-order valence-corrected chi connectivity index (χ1v) is 11.0. The van der Waals surface area contributed by atoms with Gasteiger partial charge in [-0.2, -0.15) is 0 Å². The number of halogens is 1. The molecule has 8 heteroatoms. The Morgan fingerprint density at radius 3 is 3.04 bits per heavy atom. The van der Waals surface area contributed by atoms with Gasteiger partial charge in [0.25, 0.3) is 5.56 Å². The van der Waals surface area contributed by atoms with Crippen LogP contribution in [-0.4, -0.2) is 40.9 Å². The van der Waals surface area contributed by atoms with E-state index in [9.17, 15) is 4.79 Å². The van der Waals surface area contributed by atoms with Gasteiger partial charge in [-0.25, -0.2) is 4.98 Å². The van der Waals surface area contributed by atoms with E-state index in [1.54, 1.807) is 23.0 Å². The van der Waals surface area contributed by atoms with Crippen LogP contribution in [0.2, 0.25) is 0 Å². The lowest BCUT2D eigenvalue weighted by Crippen LogP contribution is -2.27. The maximum Gasteiger partial charge on any atom is 0.267 e. The monoisotopic (exact) mass is 433 g/mol. The molecule has 0 radical (unpaired) electrons. The van der Waals surface area contributed by atoms with Crippen LogP contribution in [0, 0.1) is 0 Å². The van der Waals surface area contributed by atoms with E-state index in [0.29, 0.717) is 21.7 Å². The highest BCUT2D eigenvalue weighted by Crippen LogP contribution is 2.34. The van der Waals surface area contributed by atoms with Gasteiger partial charge in [0.1, 0.15) is 10.6 Å². The molecule has 5 nitrogen and oxygen atoms in total. The van der Waals surface area contributed by atoms with Gasteiger partial charge in [-0.3, -0.25) is 9.36 Å². The number of hydrogen-bond donors (Lipinski definition) is 0. The van der Waals surface area contributed by atoms with E-state index in [2.05, 4.69) is 18.5 Å². The van der Waals surface area contributed by atoms with Crippen LogP contribution in [0.5, 0.6) is 5.75 Å². The molecule has 0 N–H and O–H groups in total. The second-order valence-electron chi connectivity index (χ2n) is 6.71. The molecule has 146 valence electrons. The lowest BCUT2D eigenvalue weighted by molar-refractivity contribution is 0.318. The van der Waals surface area contributed by atoms with Crippen LogP contribution in [0.25, 0.3) is 15.9 Å². The molecule has 1 aliphatic heterocycles. The Balaban J connectivity index is 1.96. The molecule has 3 heterocycles. The van der Waals surface area contributed by atoms with Crippen LogP contribution in [0.1, 0.15) is 10.4 Å². The molecule has 0 fully saturated rings. The van der Waals surface area contributed by atoms with Crippen molar-refractivity contribution in [3.63, 3.8) is 0 Å². The number of hydrogen-bond acceptors (Lipinski definition) is 6. The van der Waals surface area contributed by atoms with Gasteiger partial charge >= 0.3 is 0 Å². The Bertz CT molecular complexity index is 1120. The summed E-state index contributed by atoms with van der Waals surface area (Å²) in [6.45, 7) is 5.55. The van der Waals surface area contributed by atoms with Crippen molar-refractivity contribution in [2.75, 3.05) is 26.5 Å². The maximum absolute atomic E-state index is 13.6. The Kier molecular flexibility index (Phi) is 5.51. The van der Waals surface area contributed by atoms with E-state index >= 15 is 0 Å². The van der Waals surface area contributed by atoms with E-state index in [1.807, 2.05) is 24.3 Å². The minimum Gasteiger partial charge on any atom is -0.497 e. The molecule has 1 aliphatic rings. The summed E-state index contributed by atoms with van der Waals surface area (Å²) in [5, 5.41) is 1.87. The maximum atomic E-state index is 13.6. The quantitative estimate of drug-likeness (QED) is 0.443. The van der Waals surface area contributed by atoms with Gasteiger partial charge in [0, 0.05) is 34.8 Å². The standard InChI is InChI=1S/C20H20ClN3O2S2/c1-12(21)11-27-20-22-18-17(15-7-8-23(2)10-16(15)28-18)19(25)24(20)13-5-4-6-14(9-13)26-3/h4-6,9H,1,7-8,10-11H2,2-3H3. The van der Waals surface area contributed by atoms with Crippen molar-refractivity contribution in [1.29, 1.82) is 0 Å². The third-order valence-electron chi connectivity index (χ3n) is 4.70. The molecular weight excluding hydrogens is 414 g/mol. The summed E-state index contributed by atoms with van der Waals surface area (Å²) in [7, 11) is 3.71. The van der Waals surface area contributed by atoms with Crippen molar-refractivity contribution in [2.24, 2.45) is 0 Å². The molecule has 0 bridgehead atoms. The topological polar surface area (TPSA) is 47.4 Å². The van der Waals surface area contributed by atoms with Crippen molar-refractivity contribution >= 4 is 44.9 Å². The zero-order valence-corrected chi connectivity index (χ0v) is 18.1. The first kappa shape index (κ1) is 19.5. The number of benzene rings is 1. The van der Waals surface area contributed by atoms with Crippen LogP contribution >= 0.6 is 34.7 Å². The summed E-state index contributed by atoms with van der Waals surface area (Å²) in [4.78, 5) is 22.8. The SMILES string of the molecule is C=C(Cl)CSc1nc2sc3c(c2c(=O)n1-c1cccc(OC)c1)CCN(C)C3. The zero-order valence-electron chi connectivity index (χ0n) is 15.7. The fourth-order valence-corrected chi connectivity index (χ4v) is 5.64. The molecule has 0 spiro atoms. The second-order valence-corrected chi connectivity index (χ2v) is 9.27.